The Morgan fingerprint density at radius 1 is 1.35 bits per heavy atom. The quantitative estimate of drug-likeness (QED) is 0.886. The first-order chi connectivity index (χ1) is 8.06. The van der Waals surface area contributed by atoms with E-state index < -0.39 is 0 Å². The van der Waals surface area contributed by atoms with E-state index >= 15 is 0 Å². The van der Waals surface area contributed by atoms with Gasteiger partial charge in [-0.2, -0.15) is 5.10 Å². The van der Waals surface area contributed by atoms with Gasteiger partial charge in [-0.1, -0.05) is 0 Å². The van der Waals surface area contributed by atoms with E-state index in [4.69, 9.17) is 10.2 Å². The number of aromatic nitrogens is 2. The van der Waals surface area contributed by atoms with Crippen molar-refractivity contribution in [2.45, 2.75) is 40.3 Å². The Kier molecular flexibility index (Phi) is 3.07. The summed E-state index contributed by atoms with van der Waals surface area (Å²) in [6.45, 7) is 8.86. The fourth-order valence-corrected chi connectivity index (χ4v) is 2.29. The summed E-state index contributed by atoms with van der Waals surface area (Å²) < 4.78 is 7.55. The summed E-state index contributed by atoms with van der Waals surface area (Å²) in [4.78, 5) is 0. The molecule has 0 aliphatic rings. The van der Waals surface area contributed by atoms with Gasteiger partial charge in [0.25, 0.3) is 0 Å². The summed E-state index contributed by atoms with van der Waals surface area (Å²) in [6, 6.07) is 1.80. The van der Waals surface area contributed by atoms with E-state index in [-0.39, 0.29) is 6.04 Å². The van der Waals surface area contributed by atoms with Crippen molar-refractivity contribution in [2.75, 3.05) is 0 Å². The smallest absolute Gasteiger partial charge is 0.106 e. The number of rotatable bonds is 3. The Hall–Kier alpha value is -1.55. The van der Waals surface area contributed by atoms with E-state index in [1.165, 1.54) is 0 Å². The normalized spacial score (nSPS) is 13.0. The number of nitrogens with two attached hydrogens (primary N) is 1. The Morgan fingerprint density at radius 2 is 2.06 bits per heavy atom. The van der Waals surface area contributed by atoms with Crippen molar-refractivity contribution in [1.82, 2.24) is 9.78 Å². The van der Waals surface area contributed by atoms with Crippen molar-refractivity contribution in [3.05, 3.63) is 40.6 Å². The van der Waals surface area contributed by atoms with Crippen LogP contribution in [-0.2, 0) is 6.54 Å². The van der Waals surface area contributed by atoms with Gasteiger partial charge in [0.2, 0.25) is 0 Å². The molecule has 0 radical (unpaired) electrons. The molecular weight excluding hydrogens is 214 g/mol. The maximum atomic E-state index is 6.33. The zero-order valence-corrected chi connectivity index (χ0v) is 10.8. The van der Waals surface area contributed by atoms with Crippen LogP contribution in [0.25, 0.3) is 0 Å². The minimum atomic E-state index is -0.171. The van der Waals surface area contributed by atoms with E-state index in [0.717, 1.165) is 34.9 Å². The molecule has 4 nitrogen and oxygen atoms in total. The van der Waals surface area contributed by atoms with Gasteiger partial charge in [0, 0.05) is 18.3 Å². The third-order valence-corrected chi connectivity index (χ3v) is 3.30. The van der Waals surface area contributed by atoms with Crippen molar-refractivity contribution < 1.29 is 4.42 Å². The van der Waals surface area contributed by atoms with E-state index in [1.54, 1.807) is 6.20 Å². The summed E-state index contributed by atoms with van der Waals surface area (Å²) >= 11 is 0. The second-order valence-electron chi connectivity index (χ2n) is 4.30. The molecule has 0 fully saturated rings. The van der Waals surface area contributed by atoms with E-state index in [0.29, 0.717) is 0 Å². The van der Waals surface area contributed by atoms with Gasteiger partial charge in [-0.05, 0) is 39.3 Å². The molecule has 2 aromatic rings. The highest BCUT2D eigenvalue weighted by molar-refractivity contribution is 5.38. The van der Waals surface area contributed by atoms with Crippen LogP contribution < -0.4 is 5.73 Å². The lowest BCUT2D eigenvalue weighted by atomic mass is 10.0. The summed E-state index contributed by atoms with van der Waals surface area (Å²) in [5, 5.41) is 4.25. The SMILES string of the molecule is CCn1nccc1C(N)c1c(C)oc(C)c1C. The molecule has 0 aliphatic heterocycles. The Labute approximate surface area is 101 Å². The highest BCUT2D eigenvalue weighted by Crippen LogP contribution is 2.29. The molecule has 4 heteroatoms. The zero-order chi connectivity index (χ0) is 12.6. The molecule has 1 unspecified atom stereocenters. The average molecular weight is 233 g/mol. The summed E-state index contributed by atoms with van der Waals surface area (Å²) in [5.41, 5.74) is 9.58. The number of nitrogens with zero attached hydrogens (tertiary/aromatic N) is 2. The van der Waals surface area contributed by atoms with E-state index in [9.17, 15) is 0 Å². The molecule has 0 aliphatic carbocycles. The maximum absolute atomic E-state index is 6.33. The number of hydrogen-bond acceptors (Lipinski definition) is 3. The van der Waals surface area contributed by atoms with Gasteiger partial charge in [0.15, 0.2) is 0 Å². The summed E-state index contributed by atoms with van der Waals surface area (Å²) in [5.74, 6) is 1.84. The van der Waals surface area contributed by atoms with Crippen LogP contribution in [0.2, 0.25) is 0 Å². The molecule has 17 heavy (non-hydrogen) atoms. The van der Waals surface area contributed by atoms with Gasteiger partial charge in [0.1, 0.15) is 11.5 Å². The van der Waals surface area contributed by atoms with Crippen LogP contribution in [0.5, 0.6) is 0 Å². The molecule has 0 spiro atoms. The standard InChI is InChI=1S/C13H19N3O/c1-5-16-11(6-7-15-16)13(14)12-8(2)9(3)17-10(12)4/h6-7,13H,5,14H2,1-4H3. The van der Waals surface area contributed by atoms with Gasteiger partial charge in [0.05, 0.1) is 11.7 Å². The zero-order valence-electron chi connectivity index (χ0n) is 10.8. The molecule has 0 saturated carbocycles. The van der Waals surface area contributed by atoms with Crippen LogP contribution in [0, 0.1) is 20.8 Å². The molecule has 92 valence electrons. The van der Waals surface area contributed by atoms with Gasteiger partial charge in [-0.25, -0.2) is 0 Å². The molecule has 0 amide bonds. The lowest BCUT2D eigenvalue weighted by Crippen LogP contribution is -2.18. The average Bonchev–Trinajstić information content (AvgIpc) is 2.84. The summed E-state index contributed by atoms with van der Waals surface area (Å²) in [6.07, 6.45) is 1.79. The fraction of sp³-hybridized carbons (Fsp3) is 0.462. The third kappa shape index (κ3) is 1.89. The number of furan rings is 1. The topological polar surface area (TPSA) is 57.0 Å². The van der Waals surface area contributed by atoms with Crippen molar-refractivity contribution in [2.24, 2.45) is 5.73 Å². The summed E-state index contributed by atoms with van der Waals surface area (Å²) in [7, 11) is 0. The van der Waals surface area contributed by atoms with Crippen molar-refractivity contribution >= 4 is 0 Å². The second kappa shape index (κ2) is 4.37. The van der Waals surface area contributed by atoms with Crippen LogP contribution in [0.15, 0.2) is 16.7 Å². The number of aryl methyl sites for hydroxylation is 3. The molecule has 0 saturated heterocycles. The van der Waals surface area contributed by atoms with Crippen LogP contribution in [0.4, 0.5) is 0 Å². The first kappa shape index (κ1) is 11.9. The number of hydrogen-bond donors (Lipinski definition) is 1. The predicted molar refractivity (Wildman–Crippen MR) is 66.9 cm³/mol. The van der Waals surface area contributed by atoms with Crippen LogP contribution in [0.1, 0.15) is 41.3 Å². The van der Waals surface area contributed by atoms with E-state index in [1.807, 2.05) is 31.5 Å². The largest absolute Gasteiger partial charge is 0.466 e. The molecule has 2 rings (SSSR count). The minimum absolute atomic E-state index is 0.171. The van der Waals surface area contributed by atoms with Crippen LogP contribution in [-0.4, -0.2) is 9.78 Å². The van der Waals surface area contributed by atoms with Crippen molar-refractivity contribution in [3.8, 4) is 0 Å². The second-order valence-corrected chi connectivity index (χ2v) is 4.30. The van der Waals surface area contributed by atoms with Gasteiger partial charge < -0.3 is 10.2 Å². The highest BCUT2D eigenvalue weighted by Gasteiger charge is 2.21. The van der Waals surface area contributed by atoms with Gasteiger partial charge in [-0.3, -0.25) is 4.68 Å². The lowest BCUT2D eigenvalue weighted by Gasteiger charge is -2.14. The predicted octanol–water partition coefficient (Wildman–Crippen LogP) is 2.47. The first-order valence-corrected chi connectivity index (χ1v) is 5.90. The molecule has 2 N–H and O–H groups in total. The Morgan fingerprint density at radius 3 is 2.59 bits per heavy atom. The molecule has 1 atom stereocenters. The molecular formula is C13H19N3O. The monoisotopic (exact) mass is 233 g/mol. The van der Waals surface area contributed by atoms with Gasteiger partial charge >= 0.3 is 0 Å². The maximum Gasteiger partial charge on any atom is 0.106 e. The Balaban J connectivity index is 2.47. The minimum Gasteiger partial charge on any atom is -0.466 e. The van der Waals surface area contributed by atoms with E-state index in [2.05, 4.69) is 12.0 Å². The molecule has 0 bridgehead atoms. The van der Waals surface area contributed by atoms with Crippen LogP contribution >= 0.6 is 0 Å². The van der Waals surface area contributed by atoms with Crippen molar-refractivity contribution in [1.29, 1.82) is 0 Å². The van der Waals surface area contributed by atoms with Crippen molar-refractivity contribution in [3.63, 3.8) is 0 Å². The third-order valence-electron chi connectivity index (χ3n) is 3.30. The van der Waals surface area contributed by atoms with Gasteiger partial charge in [-0.15, -0.1) is 0 Å². The van der Waals surface area contributed by atoms with Crippen LogP contribution in [0.3, 0.4) is 0 Å². The molecule has 2 heterocycles. The molecule has 2 aromatic heterocycles. The lowest BCUT2D eigenvalue weighted by molar-refractivity contribution is 0.496. The fourth-order valence-electron chi connectivity index (χ4n) is 2.29. The highest BCUT2D eigenvalue weighted by atomic mass is 16.3. The Bertz CT molecular complexity index is 525. The molecule has 0 aromatic carbocycles. The first-order valence-electron chi connectivity index (χ1n) is 5.90.